The number of hydrogen-bond donors (Lipinski definition) is 0. The Bertz CT molecular complexity index is 355. The number of nitrogens with zero attached hydrogens (tertiary/aromatic N) is 2. The first-order chi connectivity index (χ1) is 7.81. The summed E-state index contributed by atoms with van der Waals surface area (Å²) in [5.74, 6) is 2.01. The summed E-state index contributed by atoms with van der Waals surface area (Å²) in [6, 6.07) is 0. The Kier molecular flexibility index (Phi) is 9.63. The molecule has 7 heteroatoms. The second kappa shape index (κ2) is 8.98. The van der Waals surface area contributed by atoms with Crippen LogP contribution in [0, 0.1) is 11.8 Å². The number of carboxylic acids is 1. The fourth-order valence-corrected chi connectivity index (χ4v) is 0.490. The zero-order valence-corrected chi connectivity index (χ0v) is 14.3. The van der Waals surface area contributed by atoms with Gasteiger partial charge in [-0.1, -0.05) is 20.8 Å². The van der Waals surface area contributed by atoms with Crippen molar-refractivity contribution in [1.29, 1.82) is 0 Å². The Labute approximate surface area is 120 Å². The molecule has 1 aliphatic heterocycles. The molecule has 1 radical (unpaired) electrons. The molecule has 0 N–H and O–H groups in total. The summed E-state index contributed by atoms with van der Waals surface area (Å²) in [7, 11) is 3.01. The van der Waals surface area contributed by atoms with Crippen LogP contribution in [0.1, 0.15) is 20.8 Å². The molecule has 1 heterocycles. The maximum Gasteiger partial charge on any atom is 0.343 e. The minimum atomic E-state index is -1.01. The molecular formula is C11H16N2O4Zn-. The SMILES string of the molecule is CC(C)(C)C(=O)[O-].CO[C]1N=C=CC(OC)=N1.[Zn]. The van der Waals surface area contributed by atoms with E-state index in [2.05, 4.69) is 15.9 Å². The number of carbonyl (C=O) groups is 1. The molecule has 0 unspecified atom stereocenters. The van der Waals surface area contributed by atoms with Gasteiger partial charge in [-0.3, -0.25) is 0 Å². The third-order valence-corrected chi connectivity index (χ3v) is 1.56. The number of carbonyl (C=O) groups excluding carboxylic acids is 1. The number of aliphatic carboxylic acids is 1. The zero-order chi connectivity index (χ0) is 13.5. The number of aliphatic imine (C=N–C) groups is 2. The number of carboxylic acid groups (broad SMARTS) is 1. The predicted molar refractivity (Wildman–Crippen MR) is 61.2 cm³/mol. The van der Waals surface area contributed by atoms with Crippen molar-refractivity contribution in [1.82, 2.24) is 0 Å². The zero-order valence-electron chi connectivity index (χ0n) is 11.3. The smallest absolute Gasteiger partial charge is 0.343 e. The van der Waals surface area contributed by atoms with Crippen molar-refractivity contribution in [3.8, 4) is 0 Å². The van der Waals surface area contributed by atoms with Crippen LogP contribution in [0.4, 0.5) is 0 Å². The quantitative estimate of drug-likeness (QED) is 0.645. The largest absolute Gasteiger partial charge is 0.550 e. The maximum atomic E-state index is 9.91. The average Bonchev–Trinajstić information content (AvgIpc) is 2.28. The van der Waals surface area contributed by atoms with E-state index in [0.29, 0.717) is 5.90 Å². The van der Waals surface area contributed by atoms with Crippen LogP contribution in [0.15, 0.2) is 16.1 Å². The van der Waals surface area contributed by atoms with Gasteiger partial charge in [0.2, 0.25) is 5.90 Å². The molecule has 0 aromatic rings. The van der Waals surface area contributed by atoms with Crippen molar-refractivity contribution in [3.05, 3.63) is 12.4 Å². The molecular weight excluding hydrogens is 290 g/mol. The topological polar surface area (TPSA) is 83.3 Å². The van der Waals surface area contributed by atoms with E-state index in [1.54, 1.807) is 20.8 Å². The van der Waals surface area contributed by atoms with Gasteiger partial charge in [-0.15, -0.1) is 0 Å². The predicted octanol–water partition coefficient (Wildman–Crippen LogP) is 0.144. The Morgan fingerprint density at radius 2 is 1.83 bits per heavy atom. The summed E-state index contributed by atoms with van der Waals surface area (Å²) >= 11 is 0. The maximum absolute atomic E-state index is 9.91. The van der Waals surface area contributed by atoms with Gasteiger partial charge < -0.3 is 19.4 Å². The molecule has 0 atom stereocenters. The van der Waals surface area contributed by atoms with E-state index in [-0.39, 0.29) is 25.8 Å². The molecule has 0 aromatic heterocycles. The number of methoxy groups -OCH3 is 2. The van der Waals surface area contributed by atoms with E-state index in [9.17, 15) is 9.90 Å². The summed E-state index contributed by atoms with van der Waals surface area (Å²) in [5.41, 5.74) is -0.694. The Hall–Kier alpha value is -1.03. The summed E-state index contributed by atoms with van der Waals surface area (Å²) in [6.07, 6.45) is 1.79. The van der Waals surface area contributed by atoms with Crippen molar-refractivity contribution in [2.24, 2.45) is 15.4 Å². The van der Waals surface area contributed by atoms with Gasteiger partial charge in [0, 0.05) is 38.0 Å². The first-order valence-corrected chi connectivity index (χ1v) is 4.85. The van der Waals surface area contributed by atoms with Crippen LogP contribution in [-0.4, -0.2) is 32.0 Å². The molecule has 18 heavy (non-hydrogen) atoms. The molecule has 0 saturated heterocycles. The van der Waals surface area contributed by atoms with Crippen molar-refractivity contribution in [3.63, 3.8) is 0 Å². The molecule has 0 saturated carbocycles. The molecule has 0 fully saturated rings. The monoisotopic (exact) mass is 304 g/mol. The molecule has 1 aliphatic rings. The second-order valence-electron chi connectivity index (χ2n) is 4.06. The van der Waals surface area contributed by atoms with Crippen LogP contribution in [0.25, 0.3) is 0 Å². The standard InChI is InChI=1S/C6H7N2O2.C5H10O2.Zn/c1-9-5-3-4-7-6(8-5)10-2;1-5(2,3)4(6)7;/h3H,1-2H3;1-3H3,(H,6,7);/p-1. The van der Waals surface area contributed by atoms with Gasteiger partial charge in [0.1, 0.15) is 0 Å². The van der Waals surface area contributed by atoms with Crippen molar-refractivity contribution >= 4 is 17.7 Å². The molecule has 0 aliphatic carbocycles. The van der Waals surface area contributed by atoms with Crippen molar-refractivity contribution in [2.75, 3.05) is 14.2 Å². The van der Waals surface area contributed by atoms with E-state index < -0.39 is 11.4 Å². The van der Waals surface area contributed by atoms with E-state index in [4.69, 9.17) is 9.47 Å². The molecule has 97 valence electrons. The first-order valence-electron chi connectivity index (χ1n) is 4.85. The molecule has 0 bridgehead atoms. The third-order valence-electron chi connectivity index (χ3n) is 1.56. The van der Waals surface area contributed by atoms with Crippen LogP contribution in [0.3, 0.4) is 0 Å². The molecule has 0 aromatic carbocycles. The fraction of sp³-hybridized carbons (Fsp3) is 0.545. The van der Waals surface area contributed by atoms with Crippen LogP contribution in [0.5, 0.6) is 0 Å². The van der Waals surface area contributed by atoms with Gasteiger partial charge in [-0.2, -0.15) is 9.98 Å². The first kappa shape index (κ1) is 19.3. The molecule has 0 amide bonds. The Morgan fingerprint density at radius 1 is 1.33 bits per heavy atom. The third kappa shape index (κ3) is 8.12. The van der Waals surface area contributed by atoms with Crippen LogP contribution in [0.2, 0.25) is 0 Å². The molecule has 1 rings (SSSR count). The van der Waals surface area contributed by atoms with Gasteiger partial charge in [0.15, 0.2) is 0 Å². The molecule has 6 nitrogen and oxygen atoms in total. The van der Waals surface area contributed by atoms with Crippen LogP contribution in [-0.2, 0) is 33.7 Å². The average molecular weight is 306 g/mol. The summed E-state index contributed by atoms with van der Waals surface area (Å²) in [4.78, 5) is 17.4. The minimum Gasteiger partial charge on any atom is -0.550 e. The second-order valence-corrected chi connectivity index (χ2v) is 4.06. The van der Waals surface area contributed by atoms with E-state index >= 15 is 0 Å². The number of hydrogen-bond acceptors (Lipinski definition) is 6. The van der Waals surface area contributed by atoms with Crippen LogP contribution >= 0.6 is 0 Å². The Morgan fingerprint density at radius 3 is 2.17 bits per heavy atom. The van der Waals surface area contributed by atoms with Crippen LogP contribution < -0.4 is 5.11 Å². The number of ether oxygens (including phenoxy) is 2. The van der Waals surface area contributed by atoms with Crippen molar-refractivity contribution < 1.29 is 38.9 Å². The van der Waals surface area contributed by atoms with E-state index in [1.165, 1.54) is 20.3 Å². The van der Waals surface area contributed by atoms with Gasteiger partial charge in [-0.25, -0.2) is 0 Å². The summed E-state index contributed by atoms with van der Waals surface area (Å²) in [6.45, 7) is 4.80. The van der Waals surface area contributed by atoms with Gasteiger partial charge in [0.25, 0.3) is 0 Å². The fourth-order valence-electron chi connectivity index (χ4n) is 0.490. The van der Waals surface area contributed by atoms with Gasteiger partial charge >= 0.3 is 6.35 Å². The summed E-state index contributed by atoms with van der Waals surface area (Å²) in [5, 5.41) is 9.91. The van der Waals surface area contributed by atoms with Crippen molar-refractivity contribution in [2.45, 2.75) is 20.8 Å². The molecule has 0 spiro atoms. The Balaban J connectivity index is 0. The van der Waals surface area contributed by atoms with E-state index in [1.807, 2.05) is 0 Å². The normalized spacial score (nSPS) is 13.9. The van der Waals surface area contributed by atoms with Gasteiger partial charge in [-0.05, 0) is 5.87 Å². The van der Waals surface area contributed by atoms with E-state index in [0.717, 1.165) is 0 Å². The summed E-state index contributed by atoms with van der Waals surface area (Å²) < 4.78 is 9.52. The number of rotatable bonds is 1. The minimum absolute atomic E-state index is 0. The van der Waals surface area contributed by atoms with Gasteiger partial charge in [0.05, 0.1) is 13.2 Å².